The average molecular weight is 209 g/mol. The second kappa shape index (κ2) is 4.42. The lowest BCUT2D eigenvalue weighted by molar-refractivity contribution is -0.141. The predicted octanol–water partition coefficient (Wildman–Crippen LogP) is 0.749. The van der Waals surface area contributed by atoms with Crippen LogP contribution in [0.1, 0.15) is 22.8 Å². The van der Waals surface area contributed by atoms with E-state index in [9.17, 15) is 9.90 Å². The summed E-state index contributed by atoms with van der Waals surface area (Å²) in [6.45, 7) is 3.85. The normalized spacial score (nSPS) is 14.7. The van der Waals surface area contributed by atoms with Crippen molar-refractivity contribution in [2.75, 3.05) is 0 Å². The highest BCUT2D eigenvalue weighted by Gasteiger charge is 2.23. The van der Waals surface area contributed by atoms with Crippen LogP contribution in [0.2, 0.25) is 0 Å². The van der Waals surface area contributed by atoms with Gasteiger partial charge in [-0.1, -0.05) is 18.2 Å². The van der Waals surface area contributed by atoms with E-state index < -0.39 is 18.1 Å². The number of rotatable bonds is 3. The zero-order valence-corrected chi connectivity index (χ0v) is 8.77. The fourth-order valence-corrected chi connectivity index (χ4v) is 1.29. The van der Waals surface area contributed by atoms with Crippen molar-refractivity contribution in [1.29, 1.82) is 0 Å². The van der Waals surface area contributed by atoms with Crippen LogP contribution in [-0.4, -0.2) is 22.2 Å². The summed E-state index contributed by atoms with van der Waals surface area (Å²) in [6, 6.07) is 3.99. The molecule has 0 fully saturated rings. The first-order valence-corrected chi connectivity index (χ1v) is 4.67. The van der Waals surface area contributed by atoms with Crippen LogP contribution in [0.3, 0.4) is 0 Å². The fourth-order valence-electron chi connectivity index (χ4n) is 1.29. The number of hydrogen-bond donors (Lipinski definition) is 3. The van der Waals surface area contributed by atoms with Crippen LogP contribution in [0, 0.1) is 13.8 Å². The third-order valence-corrected chi connectivity index (χ3v) is 2.50. The van der Waals surface area contributed by atoms with Gasteiger partial charge in [0, 0.05) is 0 Å². The van der Waals surface area contributed by atoms with Crippen molar-refractivity contribution in [3.63, 3.8) is 0 Å². The Hall–Kier alpha value is -1.39. The summed E-state index contributed by atoms with van der Waals surface area (Å²) in [4.78, 5) is 10.6. The van der Waals surface area contributed by atoms with Crippen molar-refractivity contribution in [1.82, 2.24) is 0 Å². The van der Waals surface area contributed by atoms with Gasteiger partial charge in [0.25, 0.3) is 0 Å². The Balaban J connectivity index is 2.96. The minimum absolute atomic E-state index is 0.535. The Bertz CT molecular complexity index is 376. The van der Waals surface area contributed by atoms with Crippen molar-refractivity contribution in [3.05, 3.63) is 34.9 Å². The number of carboxylic acids is 1. The fraction of sp³-hybridized carbons (Fsp3) is 0.364. The van der Waals surface area contributed by atoms with E-state index in [1.54, 1.807) is 12.1 Å². The lowest BCUT2D eigenvalue weighted by Gasteiger charge is -2.16. The quantitative estimate of drug-likeness (QED) is 0.686. The molecule has 0 radical (unpaired) electrons. The van der Waals surface area contributed by atoms with Gasteiger partial charge in [-0.05, 0) is 30.5 Å². The number of nitrogens with two attached hydrogens (primary N) is 1. The highest BCUT2D eigenvalue weighted by molar-refractivity contribution is 5.74. The smallest absolute Gasteiger partial charge is 0.323 e. The summed E-state index contributed by atoms with van der Waals surface area (Å²) < 4.78 is 0. The summed E-state index contributed by atoms with van der Waals surface area (Å²) in [6.07, 6.45) is -1.17. The lowest BCUT2D eigenvalue weighted by Crippen LogP contribution is -2.36. The topological polar surface area (TPSA) is 83.5 Å². The number of aliphatic carboxylic acids is 1. The first kappa shape index (κ1) is 11.7. The number of aliphatic hydroxyl groups excluding tert-OH is 1. The summed E-state index contributed by atoms with van der Waals surface area (Å²) in [5, 5.41) is 18.3. The van der Waals surface area contributed by atoms with Crippen LogP contribution in [-0.2, 0) is 4.79 Å². The minimum atomic E-state index is -1.29. The van der Waals surface area contributed by atoms with Crippen LogP contribution in [0.4, 0.5) is 0 Å². The largest absolute Gasteiger partial charge is 0.480 e. The van der Waals surface area contributed by atoms with Crippen LogP contribution < -0.4 is 5.73 Å². The first-order valence-electron chi connectivity index (χ1n) is 4.67. The second-order valence-corrected chi connectivity index (χ2v) is 3.65. The number of benzene rings is 1. The second-order valence-electron chi connectivity index (χ2n) is 3.65. The lowest BCUT2D eigenvalue weighted by atomic mass is 9.99. The molecule has 0 amide bonds. The first-order chi connectivity index (χ1) is 6.93. The van der Waals surface area contributed by atoms with E-state index in [1.807, 2.05) is 19.9 Å². The van der Waals surface area contributed by atoms with Crippen LogP contribution >= 0.6 is 0 Å². The number of aryl methyl sites for hydroxylation is 2. The summed E-state index contributed by atoms with van der Waals surface area (Å²) in [5.74, 6) is -1.21. The molecule has 1 aromatic carbocycles. The highest BCUT2D eigenvalue weighted by Crippen LogP contribution is 2.19. The Morgan fingerprint density at radius 1 is 1.33 bits per heavy atom. The standard InChI is InChI=1S/C11H15NO3/c1-6-3-4-8(5-7(6)2)10(13)9(12)11(14)15/h3-5,9-10,13H,12H2,1-2H3,(H,14,15). The highest BCUT2D eigenvalue weighted by atomic mass is 16.4. The number of carboxylic acid groups (broad SMARTS) is 1. The molecular weight excluding hydrogens is 194 g/mol. The van der Waals surface area contributed by atoms with E-state index in [1.165, 1.54) is 0 Å². The van der Waals surface area contributed by atoms with E-state index >= 15 is 0 Å². The van der Waals surface area contributed by atoms with E-state index in [4.69, 9.17) is 10.8 Å². The van der Waals surface area contributed by atoms with Crippen LogP contribution in [0.15, 0.2) is 18.2 Å². The summed E-state index contributed by atoms with van der Waals surface area (Å²) >= 11 is 0. The molecule has 0 spiro atoms. The van der Waals surface area contributed by atoms with Crippen LogP contribution in [0.25, 0.3) is 0 Å². The van der Waals surface area contributed by atoms with Gasteiger partial charge in [0.15, 0.2) is 0 Å². The molecule has 0 saturated heterocycles. The molecule has 0 aromatic heterocycles. The summed E-state index contributed by atoms with van der Waals surface area (Å²) in [7, 11) is 0. The van der Waals surface area contributed by atoms with Gasteiger partial charge in [-0.2, -0.15) is 0 Å². The van der Waals surface area contributed by atoms with Crippen molar-refractivity contribution in [2.24, 2.45) is 5.73 Å². The molecule has 0 heterocycles. The van der Waals surface area contributed by atoms with Gasteiger partial charge in [0.05, 0.1) is 0 Å². The Kier molecular flexibility index (Phi) is 3.44. The van der Waals surface area contributed by atoms with E-state index in [0.29, 0.717) is 5.56 Å². The molecule has 2 unspecified atom stereocenters. The molecule has 1 rings (SSSR count). The molecule has 4 nitrogen and oxygen atoms in total. The molecule has 0 saturated carbocycles. The van der Waals surface area contributed by atoms with Crippen molar-refractivity contribution in [2.45, 2.75) is 26.0 Å². The minimum Gasteiger partial charge on any atom is -0.480 e. The molecule has 4 N–H and O–H groups in total. The molecule has 1 aromatic rings. The maximum Gasteiger partial charge on any atom is 0.323 e. The van der Waals surface area contributed by atoms with E-state index in [0.717, 1.165) is 11.1 Å². The van der Waals surface area contributed by atoms with Crippen LogP contribution in [0.5, 0.6) is 0 Å². The Morgan fingerprint density at radius 2 is 1.93 bits per heavy atom. The van der Waals surface area contributed by atoms with Crippen molar-refractivity contribution >= 4 is 5.97 Å². The van der Waals surface area contributed by atoms with Crippen molar-refractivity contribution in [3.8, 4) is 0 Å². The Labute approximate surface area is 88.3 Å². The van der Waals surface area contributed by atoms with Gasteiger partial charge in [-0.25, -0.2) is 0 Å². The molecule has 0 bridgehead atoms. The molecular formula is C11H15NO3. The van der Waals surface area contributed by atoms with Gasteiger partial charge >= 0.3 is 5.97 Å². The monoisotopic (exact) mass is 209 g/mol. The number of carbonyl (C=O) groups is 1. The maximum atomic E-state index is 10.6. The summed E-state index contributed by atoms with van der Waals surface area (Å²) in [5.41, 5.74) is 7.96. The number of aliphatic hydroxyl groups is 1. The number of hydrogen-bond acceptors (Lipinski definition) is 3. The van der Waals surface area contributed by atoms with Gasteiger partial charge < -0.3 is 15.9 Å². The van der Waals surface area contributed by atoms with Gasteiger partial charge in [0.1, 0.15) is 12.1 Å². The third-order valence-electron chi connectivity index (χ3n) is 2.50. The average Bonchev–Trinajstić information content (AvgIpc) is 2.19. The molecule has 4 heteroatoms. The zero-order valence-electron chi connectivity index (χ0n) is 8.77. The molecule has 15 heavy (non-hydrogen) atoms. The molecule has 82 valence electrons. The van der Waals surface area contributed by atoms with Gasteiger partial charge in [-0.3, -0.25) is 4.79 Å². The van der Waals surface area contributed by atoms with Gasteiger partial charge in [0.2, 0.25) is 0 Å². The van der Waals surface area contributed by atoms with Gasteiger partial charge in [-0.15, -0.1) is 0 Å². The molecule has 0 aliphatic carbocycles. The SMILES string of the molecule is Cc1ccc(C(O)C(N)C(=O)O)cc1C. The predicted molar refractivity (Wildman–Crippen MR) is 56.5 cm³/mol. The van der Waals surface area contributed by atoms with Crippen molar-refractivity contribution < 1.29 is 15.0 Å². The molecule has 0 aliphatic heterocycles. The maximum absolute atomic E-state index is 10.6. The molecule has 2 atom stereocenters. The zero-order chi connectivity index (χ0) is 11.6. The third kappa shape index (κ3) is 2.55. The molecule has 0 aliphatic rings. The van der Waals surface area contributed by atoms with E-state index in [2.05, 4.69) is 0 Å². The van der Waals surface area contributed by atoms with E-state index in [-0.39, 0.29) is 0 Å². The Morgan fingerprint density at radius 3 is 2.40 bits per heavy atom.